The highest BCUT2D eigenvalue weighted by Gasteiger charge is 2.24. The number of hydrogen-bond acceptors (Lipinski definition) is 8. The molecule has 3 N–H and O–H groups in total. The van der Waals surface area contributed by atoms with Crippen molar-refractivity contribution in [2.24, 2.45) is 4.99 Å². The fourth-order valence-electron chi connectivity index (χ4n) is 3.54. The Labute approximate surface area is 225 Å². The van der Waals surface area contributed by atoms with Crippen molar-refractivity contribution < 1.29 is 27.9 Å². The molecule has 1 heterocycles. The summed E-state index contributed by atoms with van der Waals surface area (Å²) in [6.45, 7) is 3.30. The highest BCUT2D eigenvalue weighted by molar-refractivity contribution is 7.91. The molecule has 0 fully saturated rings. The van der Waals surface area contributed by atoms with Gasteiger partial charge >= 0.3 is 6.09 Å². The first-order valence-electron chi connectivity index (χ1n) is 11.4. The number of nitrogens with zero attached hydrogens (tertiary/aromatic N) is 2. The third kappa shape index (κ3) is 7.97. The highest BCUT2D eigenvalue weighted by Crippen LogP contribution is 2.30. The molecule has 0 aliphatic carbocycles. The van der Waals surface area contributed by atoms with Gasteiger partial charge in [-0.3, -0.25) is 14.7 Å². The largest absolute Gasteiger partial charge is 0.465 e. The van der Waals surface area contributed by atoms with E-state index < -0.39 is 15.9 Å². The Kier molecular flexibility index (Phi) is 10.4. The van der Waals surface area contributed by atoms with Gasteiger partial charge in [0, 0.05) is 23.7 Å². The molecule has 2 aromatic carbocycles. The van der Waals surface area contributed by atoms with Crippen LogP contribution < -0.4 is 10.6 Å². The van der Waals surface area contributed by atoms with Crippen molar-refractivity contribution in [3.8, 4) is 0 Å². The van der Waals surface area contributed by atoms with Crippen LogP contribution in [0.2, 0.25) is 10.0 Å². The Balaban J connectivity index is 1.31. The molecule has 0 saturated carbocycles. The number of rotatable bonds is 13. The van der Waals surface area contributed by atoms with E-state index in [4.69, 9.17) is 27.9 Å². The smallest absolute Gasteiger partial charge is 0.413 e. The third-order valence-corrected chi connectivity index (χ3v) is 8.14. The number of aliphatic imine (C=N–C) groups is 1. The van der Waals surface area contributed by atoms with Crippen molar-refractivity contribution in [1.82, 2.24) is 15.5 Å². The van der Waals surface area contributed by atoms with E-state index in [1.165, 1.54) is 17.0 Å². The zero-order chi connectivity index (χ0) is 27.0. The van der Waals surface area contributed by atoms with Crippen LogP contribution in [0.4, 0.5) is 4.79 Å². The Morgan fingerprint density at radius 3 is 2.57 bits per heavy atom. The molecule has 1 aliphatic rings. The summed E-state index contributed by atoms with van der Waals surface area (Å²) < 4.78 is 30.3. The van der Waals surface area contributed by atoms with Crippen LogP contribution in [0.15, 0.2) is 46.3 Å². The van der Waals surface area contributed by atoms with Gasteiger partial charge in [-0.15, -0.1) is 0 Å². The summed E-state index contributed by atoms with van der Waals surface area (Å²) in [5, 5.41) is 15.6. The number of carbonyl (C=O) groups is 2. The van der Waals surface area contributed by atoms with E-state index in [9.17, 15) is 23.1 Å². The predicted molar refractivity (Wildman–Crippen MR) is 141 cm³/mol. The molecule has 0 bridgehead atoms. The van der Waals surface area contributed by atoms with E-state index in [-0.39, 0.29) is 47.9 Å². The van der Waals surface area contributed by atoms with E-state index in [0.717, 1.165) is 11.1 Å². The molecule has 3 rings (SSSR count). The van der Waals surface area contributed by atoms with Gasteiger partial charge in [0.25, 0.3) is 0 Å². The minimum absolute atomic E-state index is 0.00917. The lowest BCUT2D eigenvalue weighted by Gasteiger charge is -2.14. The number of amides is 1. The van der Waals surface area contributed by atoms with Crippen LogP contribution in [-0.2, 0) is 25.9 Å². The van der Waals surface area contributed by atoms with Crippen molar-refractivity contribution in [3.63, 3.8) is 0 Å². The topological polar surface area (TPSA) is 137 Å². The van der Waals surface area contributed by atoms with E-state index in [2.05, 4.69) is 15.6 Å². The monoisotopic (exact) mass is 570 g/mol. The molecular formula is C24H28Cl2N4O6S. The van der Waals surface area contributed by atoms with Gasteiger partial charge in [-0.1, -0.05) is 47.5 Å². The van der Waals surface area contributed by atoms with Gasteiger partial charge in [-0.25, -0.2) is 13.2 Å². The molecule has 13 heteroatoms. The lowest BCUT2D eigenvalue weighted by atomic mass is 10.1. The maximum absolute atomic E-state index is 12.5. The molecule has 0 unspecified atom stereocenters. The normalized spacial score (nSPS) is 13.6. The van der Waals surface area contributed by atoms with Crippen molar-refractivity contribution in [3.05, 3.63) is 63.1 Å². The first-order valence-corrected chi connectivity index (χ1v) is 13.8. The standard InChI is InChI=1S/C24H28Cl2N4O6S/c1-16-20(25)6-7-21(22(16)26)37(34,35)15-27-9-11-36-14-19(31)13-28-12-17-2-4-18(5-3-17)23-29-8-10-30(23)24(32)33/h2-7,27-28H,8-15H2,1H3,(H,32,33). The number of halogens is 2. The number of Topliss-reactive ketones (excluding diaryl/α,β-unsaturated/α-hetero) is 1. The first kappa shape index (κ1) is 29.0. The zero-order valence-corrected chi connectivity index (χ0v) is 22.5. The average Bonchev–Trinajstić information content (AvgIpc) is 3.35. The van der Waals surface area contributed by atoms with Gasteiger partial charge < -0.3 is 20.5 Å². The molecule has 0 aromatic heterocycles. The Bertz CT molecular complexity index is 1270. The maximum Gasteiger partial charge on any atom is 0.413 e. The molecule has 0 spiro atoms. The molecule has 37 heavy (non-hydrogen) atoms. The number of sulfone groups is 1. The summed E-state index contributed by atoms with van der Waals surface area (Å²) in [5.74, 6) is -0.0342. The number of carbonyl (C=O) groups excluding carboxylic acids is 1. The van der Waals surface area contributed by atoms with Gasteiger partial charge in [-0.05, 0) is 30.2 Å². The van der Waals surface area contributed by atoms with Gasteiger partial charge in [0.15, 0.2) is 15.6 Å². The van der Waals surface area contributed by atoms with E-state index >= 15 is 0 Å². The van der Waals surface area contributed by atoms with Gasteiger partial charge in [0.05, 0.1) is 36.2 Å². The minimum atomic E-state index is -3.66. The molecule has 0 atom stereocenters. The number of hydrogen-bond donors (Lipinski definition) is 3. The van der Waals surface area contributed by atoms with Crippen LogP contribution in [0.5, 0.6) is 0 Å². The van der Waals surface area contributed by atoms with E-state index in [1.807, 2.05) is 12.1 Å². The van der Waals surface area contributed by atoms with E-state index in [0.29, 0.717) is 36.1 Å². The maximum atomic E-state index is 12.5. The second-order valence-corrected chi connectivity index (χ2v) is 11.0. The zero-order valence-electron chi connectivity index (χ0n) is 20.2. The van der Waals surface area contributed by atoms with Crippen LogP contribution in [0.25, 0.3) is 0 Å². The van der Waals surface area contributed by atoms with Crippen LogP contribution in [0, 0.1) is 6.92 Å². The molecule has 2 aromatic rings. The number of ketones is 1. The predicted octanol–water partition coefficient (Wildman–Crippen LogP) is 2.74. The van der Waals surface area contributed by atoms with Gasteiger partial charge in [0.2, 0.25) is 0 Å². The summed E-state index contributed by atoms with van der Waals surface area (Å²) >= 11 is 12.1. The summed E-state index contributed by atoms with van der Waals surface area (Å²) in [5.41, 5.74) is 2.16. The highest BCUT2D eigenvalue weighted by atomic mass is 35.5. The Morgan fingerprint density at radius 1 is 1.14 bits per heavy atom. The third-order valence-electron chi connectivity index (χ3n) is 5.53. The second-order valence-electron chi connectivity index (χ2n) is 8.27. The molecule has 1 amide bonds. The van der Waals surface area contributed by atoms with Crippen LogP contribution >= 0.6 is 23.2 Å². The SMILES string of the molecule is Cc1c(Cl)ccc(S(=O)(=O)CNCCOCC(=O)CNCc2ccc(C3=NCCN3C(=O)O)cc2)c1Cl. The molecule has 0 radical (unpaired) electrons. The Hall–Kier alpha value is -2.54. The molecule has 10 nitrogen and oxygen atoms in total. The lowest BCUT2D eigenvalue weighted by Crippen LogP contribution is -2.33. The van der Waals surface area contributed by atoms with Crippen LogP contribution in [0.1, 0.15) is 16.7 Å². The van der Waals surface area contributed by atoms with Crippen molar-refractivity contribution >= 4 is 50.8 Å². The van der Waals surface area contributed by atoms with Crippen molar-refractivity contribution in [2.45, 2.75) is 18.4 Å². The molecular weight excluding hydrogens is 543 g/mol. The number of carboxylic acid groups (broad SMARTS) is 1. The van der Waals surface area contributed by atoms with Crippen molar-refractivity contribution in [1.29, 1.82) is 0 Å². The summed E-state index contributed by atoms with van der Waals surface area (Å²) in [7, 11) is -3.66. The lowest BCUT2D eigenvalue weighted by molar-refractivity contribution is -0.122. The fraction of sp³-hybridized carbons (Fsp3) is 0.375. The van der Waals surface area contributed by atoms with E-state index in [1.54, 1.807) is 19.1 Å². The summed E-state index contributed by atoms with van der Waals surface area (Å²) in [4.78, 5) is 28.8. The van der Waals surface area contributed by atoms with Crippen LogP contribution in [0.3, 0.4) is 0 Å². The average molecular weight is 571 g/mol. The number of nitrogens with one attached hydrogen (secondary N) is 2. The number of ether oxygens (including phenoxy) is 1. The minimum Gasteiger partial charge on any atom is -0.465 e. The first-order chi connectivity index (χ1) is 17.6. The van der Waals surface area contributed by atoms with Crippen molar-refractivity contribution in [2.75, 3.05) is 45.3 Å². The van der Waals surface area contributed by atoms with Gasteiger partial charge in [-0.2, -0.15) is 0 Å². The Morgan fingerprint density at radius 2 is 1.86 bits per heavy atom. The number of amidine groups is 1. The number of benzene rings is 2. The van der Waals surface area contributed by atoms with Gasteiger partial charge in [0.1, 0.15) is 18.3 Å². The molecule has 0 saturated heterocycles. The molecule has 200 valence electrons. The van der Waals surface area contributed by atoms with Crippen LogP contribution in [-0.4, -0.2) is 81.4 Å². The summed E-state index contributed by atoms with van der Waals surface area (Å²) in [6, 6.07) is 10.2. The second kappa shape index (κ2) is 13.3. The molecule has 1 aliphatic heterocycles. The fourth-order valence-corrected chi connectivity index (χ4v) is 5.53. The quantitative estimate of drug-likeness (QED) is 0.312. The summed E-state index contributed by atoms with van der Waals surface area (Å²) in [6.07, 6.45) is -1.03.